The molecule has 0 aliphatic rings. The Balaban J connectivity index is 1.76. The van der Waals surface area contributed by atoms with E-state index in [1.54, 1.807) is 67.6 Å². The summed E-state index contributed by atoms with van der Waals surface area (Å²) in [5.41, 5.74) is 1.59. The second-order valence-corrected chi connectivity index (χ2v) is 5.97. The van der Waals surface area contributed by atoms with E-state index in [1.807, 2.05) is 6.07 Å². The second-order valence-electron chi connectivity index (χ2n) is 5.97. The van der Waals surface area contributed by atoms with E-state index in [0.717, 1.165) is 0 Å². The number of hydrogen-bond donors (Lipinski definition) is 2. The number of para-hydroxylation sites is 1. The maximum Gasteiger partial charge on any atom is 0.238 e. The minimum atomic E-state index is -0.208. The second kappa shape index (κ2) is 9.94. The Morgan fingerprint density at radius 2 is 1.78 bits per heavy atom. The zero-order valence-electron chi connectivity index (χ0n) is 15.4. The number of nitriles is 1. The Labute approximate surface area is 158 Å². The highest BCUT2D eigenvalue weighted by molar-refractivity contribution is 5.93. The lowest BCUT2D eigenvalue weighted by Gasteiger charge is -2.16. The molecule has 2 aromatic rings. The van der Waals surface area contributed by atoms with Crippen LogP contribution in [0.1, 0.15) is 12.0 Å². The van der Waals surface area contributed by atoms with Crippen LogP contribution in [-0.4, -0.2) is 44.0 Å². The molecule has 7 nitrogen and oxygen atoms in total. The van der Waals surface area contributed by atoms with E-state index in [-0.39, 0.29) is 24.8 Å². The zero-order chi connectivity index (χ0) is 19.6. The number of nitrogens with zero attached hydrogens (tertiary/aromatic N) is 2. The SMILES string of the molecule is COc1ccc(NC(=O)CN(C)CCC(=O)Nc2ccccc2C#N)cc1. The smallest absolute Gasteiger partial charge is 0.238 e. The predicted octanol–water partition coefficient (Wildman–Crippen LogP) is 2.47. The van der Waals surface area contributed by atoms with Crippen LogP contribution in [0, 0.1) is 11.3 Å². The monoisotopic (exact) mass is 366 g/mol. The molecular formula is C20H22N4O3. The van der Waals surface area contributed by atoms with Crippen molar-refractivity contribution in [2.24, 2.45) is 0 Å². The van der Waals surface area contributed by atoms with Crippen molar-refractivity contribution in [2.75, 3.05) is 37.9 Å². The highest BCUT2D eigenvalue weighted by Crippen LogP contribution is 2.15. The summed E-state index contributed by atoms with van der Waals surface area (Å²) in [5.74, 6) is 0.340. The molecule has 0 saturated carbocycles. The standard InChI is InChI=1S/C20H22N4O3/c1-24(14-20(26)22-16-7-9-17(27-2)10-8-16)12-11-19(25)23-18-6-4-3-5-15(18)13-21/h3-10H,11-12,14H2,1-2H3,(H,22,26)(H,23,25). The van der Waals surface area contributed by atoms with Crippen LogP contribution >= 0.6 is 0 Å². The summed E-state index contributed by atoms with van der Waals surface area (Å²) in [7, 11) is 3.35. The van der Waals surface area contributed by atoms with Gasteiger partial charge in [-0.2, -0.15) is 5.26 Å². The third-order valence-corrected chi connectivity index (χ3v) is 3.83. The number of hydrogen-bond acceptors (Lipinski definition) is 5. The third kappa shape index (κ3) is 6.45. The molecule has 2 amide bonds. The molecule has 0 bridgehead atoms. The first kappa shape index (κ1) is 19.9. The van der Waals surface area contributed by atoms with Crippen molar-refractivity contribution in [1.82, 2.24) is 4.90 Å². The summed E-state index contributed by atoms with van der Waals surface area (Å²) in [6, 6.07) is 15.9. The van der Waals surface area contributed by atoms with Crippen molar-refractivity contribution in [2.45, 2.75) is 6.42 Å². The van der Waals surface area contributed by atoms with E-state index in [9.17, 15) is 9.59 Å². The average Bonchev–Trinajstić information content (AvgIpc) is 2.67. The lowest BCUT2D eigenvalue weighted by Crippen LogP contribution is -2.32. The molecular weight excluding hydrogens is 344 g/mol. The van der Waals surface area contributed by atoms with Crippen LogP contribution in [0.4, 0.5) is 11.4 Å². The van der Waals surface area contributed by atoms with Crippen LogP contribution in [0.25, 0.3) is 0 Å². The minimum absolute atomic E-state index is 0.161. The molecule has 0 fully saturated rings. The number of methoxy groups -OCH3 is 1. The number of carbonyl (C=O) groups is 2. The molecule has 2 rings (SSSR count). The molecule has 140 valence electrons. The first-order chi connectivity index (χ1) is 13.0. The van der Waals surface area contributed by atoms with Crippen molar-refractivity contribution in [3.05, 3.63) is 54.1 Å². The molecule has 0 aliphatic heterocycles. The Morgan fingerprint density at radius 3 is 2.44 bits per heavy atom. The quantitative estimate of drug-likeness (QED) is 0.748. The summed E-state index contributed by atoms with van der Waals surface area (Å²) in [6.45, 7) is 0.574. The largest absolute Gasteiger partial charge is 0.497 e. The van der Waals surface area contributed by atoms with E-state index in [4.69, 9.17) is 10.00 Å². The van der Waals surface area contributed by atoms with Crippen molar-refractivity contribution >= 4 is 23.2 Å². The van der Waals surface area contributed by atoms with Crippen molar-refractivity contribution in [3.63, 3.8) is 0 Å². The van der Waals surface area contributed by atoms with Gasteiger partial charge >= 0.3 is 0 Å². The van der Waals surface area contributed by atoms with E-state index < -0.39 is 0 Å². The van der Waals surface area contributed by atoms with E-state index in [2.05, 4.69) is 10.6 Å². The fourth-order valence-corrected chi connectivity index (χ4v) is 2.39. The summed E-state index contributed by atoms with van der Waals surface area (Å²) < 4.78 is 5.07. The van der Waals surface area contributed by atoms with Gasteiger partial charge in [0, 0.05) is 18.7 Å². The number of nitrogens with one attached hydrogen (secondary N) is 2. The number of carbonyl (C=O) groups excluding carboxylic acids is 2. The van der Waals surface area contributed by atoms with Gasteiger partial charge in [0.25, 0.3) is 0 Å². The number of anilines is 2. The van der Waals surface area contributed by atoms with Crippen LogP contribution < -0.4 is 15.4 Å². The molecule has 0 spiro atoms. The molecule has 0 atom stereocenters. The summed E-state index contributed by atoms with van der Waals surface area (Å²) >= 11 is 0. The van der Waals surface area contributed by atoms with Gasteiger partial charge in [0.05, 0.1) is 24.9 Å². The van der Waals surface area contributed by atoms with Gasteiger partial charge in [0.1, 0.15) is 11.8 Å². The fraction of sp³-hybridized carbons (Fsp3) is 0.250. The van der Waals surface area contributed by atoms with Crippen molar-refractivity contribution < 1.29 is 14.3 Å². The van der Waals surface area contributed by atoms with Gasteiger partial charge in [0.2, 0.25) is 11.8 Å². The zero-order valence-corrected chi connectivity index (χ0v) is 15.4. The van der Waals surface area contributed by atoms with Gasteiger partial charge in [-0.3, -0.25) is 14.5 Å². The average molecular weight is 366 g/mol. The number of rotatable bonds is 8. The number of likely N-dealkylation sites (N-methyl/N-ethyl adjacent to an activating group) is 1. The van der Waals surface area contributed by atoms with Crippen molar-refractivity contribution in [1.29, 1.82) is 5.26 Å². The van der Waals surface area contributed by atoms with E-state index in [0.29, 0.717) is 29.2 Å². The first-order valence-corrected chi connectivity index (χ1v) is 8.43. The van der Waals surface area contributed by atoms with Gasteiger partial charge in [-0.15, -0.1) is 0 Å². The van der Waals surface area contributed by atoms with E-state index >= 15 is 0 Å². The van der Waals surface area contributed by atoms with Gasteiger partial charge in [0.15, 0.2) is 0 Å². The Bertz CT molecular complexity index is 828. The van der Waals surface area contributed by atoms with Gasteiger partial charge in [-0.05, 0) is 43.4 Å². The van der Waals surface area contributed by atoms with Crippen LogP contribution in [0.5, 0.6) is 5.75 Å². The Morgan fingerprint density at radius 1 is 1.07 bits per heavy atom. The molecule has 0 saturated heterocycles. The number of benzene rings is 2. The van der Waals surface area contributed by atoms with Gasteiger partial charge in [-0.25, -0.2) is 0 Å². The molecule has 2 N–H and O–H groups in total. The van der Waals surface area contributed by atoms with Crippen LogP contribution in [-0.2, 0) is 9.59 Å². The highest BCUT2D eigenvalue weighted by Gasteiger charge is 2.11. The molecule has 7 heteroatoms. The summed E-state index contributed by atoms with van der Waals surface area (Å²) in [5, 5.41) is 14.6. The predicted molar refractivity (Wildman–Crippen MR) is 104 cm³/mol. The molecule has 0 aromatic heterocycles. The molecule has 0 radical (unpaired) electrons. The van der Waals surface area contributed by atoms with Crippen molar-refractivity contribution in [3.8, 4) is 11.8 Å². The first-order valence-electron chi connectivity index (χ1n) is 8.43. The minimum Gasteiger partial charge on any atom is -0.497 e. The Hall–Kier alpha value is -3.37. The fourth-order valence-electron chi connectivity index (χ4n) is 2.39. The maximum atomic E-state index is 12.1. The Kier molecular flexibility index (Phi) is 7.35. The van der Waals surface area contributed by atoms with Gasteiger partial charge < -0.3 is 15.4 Å². The number of ether oxygens (including phenoxy) is 1. The lowest BCUT2D eigenvalue weighted by atomic mass is 10.2. The maximum absolute atomic E-state index is 12.1. The lowest BCUT2D eigenvalue weighted by molar-refractivity contribution is -0.119. The topological polar surface area (TPSA) is 94.5 Å². The molecule has 27 heavy (non-hydrogen) atoms. The van der Waals surface area contributed by atoms with Crippen LogP contribution in [0.3, 0.4) is 0 Å². The molecule has 0 aliphatic carbocycles. The summed E-state index contributed by atoms with van der Waals surface area (Å²) in [6.07, 6.45) is 0.214. The third-order valence-electron chi connectivity index (χ3n) is 3.83. The molecule has 0 unspecified atom stereocenters. The highest BCUT2D eigenvalue weighted by atomic mass is 16.5. The molecule has 2 aromatic carbocycles. The van der Waals surface area contributed by atoms with Gasteiger partial charge in [-0.1, -0.05) is 12.1 Å². The van der Waals surface area contributed by atoms with Crippen LogP contribution in [0.2, 0.25) is 0 Å². The normalized spacial score (nSPS) is 10.1. The molecule has 0 heterocycles. The van der Waals surface area contributed by atoms with E-state index in [1.165, 1.54) is 0 Å². The van der Waals surface area contributed by atoms with Crippen LogP contribution in [0.15, 0.2) is 48.5 Å². The summed E-state index contributed by atoms with van der Waals surface area (Å²) in [4.78, 5) is 25.9. The number of amides is 2.